The molecular weight excluding hydrogens is 367 g/mol. The van der Waals surface area contributed by atoms with Gasteiger partial charge >= 0.3 is 6.18 Å². The minimum atomic E-state index is -4.40. The normalized spacial score (nSPS) is 18.8. The molecule has 26 heavy (non-hydrogen) atoms. The van der Waals surface area contributed by atoms with Gasteiger partial charge < -0.3 is 14.6 Å². The number of rotatable bonds is 5. The molecule has 0 amide bonds. The summed E-state index contributed by atoms with van der Waals surface area (Å²) in [6, 6.07) is 7.05. The standard InChI is InChI=1S/C18H21ClF3N3O/c1-24(10-15(26)13-3-5-14(19)6-4-13)8-12-2-7-17-23-16(18(20,21)22)11-25(17)9-12/h3-6,11-12,15,26H,2,7-10H2,1H3/t12-,15+/m0/s1. The van der Waals surface area contributed by atoms with Crippen LogP contribution in [0.2, 0.25) is 5.02 Å². The highest BCUT2D eigenvalue weighted by Gasteiger charge is 2.35. The van der Waals surface area contributed by atoms with Crippen LogP contribution in [0, 0.1) is 5.92 Å². The fraction of sp³-hybridized carbons (Fsp3) is 0.500. The van der Waals surface area contributed by atoms with Crippen LogP contribution in [0.4, 0.5) is 13.2 Å². The van der Waals surface area contributed by atoms with Gasteiger partial charge in [0, 0.05) is 37.3 Å². The Balaban J connectivity index is 1.56. The molecular formula is C18H21ClF3N3O. The summed E-state index contributed by atoms with van der Waals surface area (Å²) >= 11 is 5.85. The molecule has 0 aliphatic carbocycles. The van der Waals surface area contributed by atoms with E-state index in [2.05, 4.69) is 4.98 Å². The average molecular weight is 388 g/mol. The van der Waals surface area contributed by atoms with E-state index in [0.29, 0.717) is 36.9 Å². The van der Waals surface area contributed by atoms with E-state index in [1.165, 1.54) is 0 Å². The maximum absolute atomic E-state index is 12.8. The smallest absolute Gasteiger partial charge is 0.387 e. The number of aromatic nitrogens is 2. The molecule has 8 heteroatoms. The molecule has 4 nitrogen and oxygen atoms in total. The number of aryl methyl sites for hydroxylation is 1. The molecule has 142 valence electrons. The molecule has 1 aliphatic rings. The van der Waals surface area contributed by atoms with Crippen LogP contribution in [0.5, 0.6) is 0 Å². The summed E-state index contributed by atoms with van der Waals surface area (Å²) in [5.41, 5.74) is -0.0312. The van der Waals surface area contributed by atoms with E-state index in [1.807, 2.05) is 11.9 Å². The van der Waals surface area contributed by atoms with Crippen LogP contribution >= 0.6 is 11.6 Å². The predicted molar refractivity (Wildman–Crippen MR) is 92.9 cm³/mol. The first-order chi connectivity index (χ1) is 12.2. The maximum Gasteiger partial charge on any atom is 0.434 e. The Bertz CT molecular complexity index is 745. The maximum atomic E-state index is 12.8. The zero-order valence-electron chi connectivity index (χ0n) is 14.4. The van der Waals surface area contributed by atoms with Gasteiger partial charge in [0.2, 0.25) is 0 Å². The van der Waals surface area contributed by atoms with Gasteiger partial charge in [-0.1, -0.05) is 23.7 Å². The van der Waals surface area contributed by atoms with E-state index in [1.54, 1.807) is 28.8 Å². The number of likely N-dealkylation sites (N-methyl/N-ethyl adjacent to an activating group) is 1. The van der Waals surface area contributed by atoms with E-state index in [4.69, 9.17) is 11.6 Å². The molecule has 0 spiro atoms. The van der Waals surface area contributed by atoms with Crippen LogP contribution in [0.3, 0.4) is 0 Å². The van der Waals surface area contributed by atoms with Gasteiger partial charge in [-0.15, -0.1) is 0 Å². The Morgan fingerprint density at radius 1 is 1.35 bits per heavy atom. The Kier molecular flexibility index (Phi) is 5.60. The Morgan fingerprint density at radius 2 is 2.04 bits per heavy atom. The summed E-state index contributed by atoms with van der Waals surface area (Å²) in [5.74, 6) is 0.720. The summed E-state index contributed by atoms with van der Waals surface area (Å²) in [6.45, 7) is 1.66. The van der Waals surface area contributed by atoms with Crippen molar-refractivity contribution in [2.24, 2.45) is 5.92 Å². The largest absolute Gasteiger partial charge is 0.434 e. The second kappa shape index (κ2) is 7.58. The number of alkyl halides is 3. The number of imidazole rings is 1. The van der Waals surface area contributed by atoms with Crippen LogP contribution < -0.4 is 0 Å². The third kappa shape index (κ3) is 4.58. The van der Waals surface area contributed by atoms with Crippen LogP contribution in [-0.2, 0) is 19.1 Å². The van der Waals surface area contributed by atoms with Crippen molar-refractivity contribution in [3.63, 3.8) is 0 Å². The summed E-state index contributed by atoms with van der Waals surface area (Å²) in [7, 11) is 1.91. The molecule has 1 aromatic carbocycles. The molecule has 1 aliphatic heterocycles. The highest BCUT2D eigenvalue weighted by molar-refractivity contribution is 6.30. The SMILES string of the molecule is CN(C[C@@H]1CCc2nc(C(F)(F)F)cn2C1)C[C@@H](O)c1ccc(Cl)cc1. The number of benzene rings is 1. The van der Waals surface area contributed by atoms with Gasteiger partial charge in [-0.25, -0.2) is 4.98 Å². The molecule has 0 radical (unpaired) electrons. The molecule has 0 bridgehead atoms. The van der Waals surface area contributed by atoms with Gasteiger partial charge in [-0.05, 0) is 37.1 Å². The van der Waals surface area contributed by atoms with Crippen LogP contribution in [0.25, 0.3) is 0 Å². The zero-order chi connectivity index (χ0) is 18.9. The second-order valence-corrected chi connectivity index (χ2v) is 7.32. The lowest BCUT2D eigenvalue weighted by Gasteiger charge is -2.29. The van der Waals surface area contributed by atoms with Crippen LogP contribution in [0.15, 0.2) is 30.5 Å². The lowest BCUT2D eigenvalue weighted by atomic mass is 9.98. The van der Waals surface area contributed by atoms with Gasteiger partial charge in [0.1, 0.15) is 5.82 Å². The highest BCUT2D eigenvalue weighted by atomic mass is 35.5. The lowest BCUT2D eigenvalue weighted by molar-refractivity contribution is -0.141. The molecule has 0 unspecified atom stereocenters. The van der Waals surface area contributed by atoms with Crippen molar-refractivity contribution in [1.82, 2.24) is 14.5 Å². The molecule has 2 heterocycles. The number of aliphatic hydroxyl groups is 1. The van der Waals surface area contributed by atoms with Crippen molar-refractivity contribution in [2.75, 3.05) is 20.1 Å². The molecule has 0 saturated carbocycles. The van der Waals surface area contributed by atoms with E-state index < -0.39 is 18.0 Å². The Labute approximate surface area is 155 Å². The van der Waals surface area contributed by atoms with Crippen molar-refractivity contribution in [3.8, 4) is 0 Å². The number of halogens is 4. The number of fused-ring (bicyclic) bond motifs is 1. The van der Waals surface area contributed by atoms with Gasteiger partial charge in [-0.2, -0.15) is 13.2 Å². The Morgan fingerprint density at radius 3 is 2.69 bits per heavy atom. The fourth-order valence-corrected chi connectivity index (χ4v) is 3.53. The van der Waals surface area contributed by atoms with Gasteiger partial charge in [-0.3, -0.25) is 0 Å². The fourth-order valence-electron chi connectivity index (χ4n) is 3.40. The van der Waals surface area contributed by atoms with E-state index in [0.717, 1.165) is 18.2 Å². The van der Waals surface area contributed by atoms with Crippen LogP contribution in [0.1, 0.15) is 29.6 Å². The Hall–Kier alpha value is -1.57. The molecule has 2 aromatic rings. The predicted octanol–water partition coefficient (Wildman–Crippen LogP) is 3.78. The molecule has 3 rings (SSSR count). The van der Waals surface area contributed by atoms with Crippen molar-refractivity contribution >= 4 is 11.6 Å². The average Bonchev–Trinajstić information content (AvgIpc) is 2.99. The van der Waals surface area contributed by atoms with Crippen LogP contribution in [-0.4, -0.2) is 39.7 Å². The number of hydrogen-bond acceptors (Lipinski definition) is 3. The number of hydrogen-bond donors (Lipinski definition) is 1. The first-order valence-corrected chi connectivity index (χ1v) is 8.85. The summed E-state index contributed by atoms with van der Waals surface area (Å²) in [4.78, 5) is 5.71. The topological polar surface area (TPSA) is 41.3 Å². The van der Waals surface area contributed by atoms with E-state index in [9.17, 15) is 18.3 Å². The third-order valence-electron chi connectivity index (χ3n) is 4.69. The minimum absolute atomic E-state index is 0.222. The second-order valence-electron chi connectivity index (χ2n) is 6.89. The quantitative estimate of drug-likeness (QED) is 0.848. The summed E-state index contributed by atoms with van der Waals surface area (Å²) in [6.07, 6.45) is -2.62. The molecule has 1 aromatic heterocycles. The van der Waals surface area contributed by atoms with Crippen molar-refractivity contribution in [2.45, 2.75) is 31.7 Å². The summed E-state index contributed by atoms with van der Waals surface area (Å²) in [5, 5.41) is 11.0. The first-order valence-electron chi connectivity index (χ1n) is 8.47. The van der Waals surface area contributed by atoms with Crippen molar-refractivity contribution in [3.05, 3.63) is 52.6 Å². The zero-order valence-corrected chi connectivity index (χ0v) is 15.1. The monoisotopic (exact) mass is 387 g/mol. The highest BCUT2D eigenvalue weighted by Crippen LogP contribution is 2.31. The van der Waals surface area contributed by atoms with Gasteiger partial charge in [0.05, 0.1) is 6.10 Å². The molecule has 0 saturated heterocycles. The number of aliphatic hydroxyl groups excluding tert-OH is 1. The van der Waals surface area contributed by atoms with Gasteiger partial charge in [0.15, 0.2) is 5.69 Å². The lowest BCUT2D eigenvalue weighted by Crippen LogP contribution is -2.33. The number of nitrogens with zero attached hydrogens (tertiary/aromatic N) is 3. The first kappa shape index (κ1) is 19.2. The third-order valence-corrected chi connectivity index (χ3v) is 4.94. The van der Waals surface area contributed by atoms with Crippen molar-refractivity contribution in [1.29, 1.82) is 0 Å². The van der Waals surface area contributed by atoms with Crippen molar-refractivity contribution < 1.29 is 18.3 Å². The van der Waals surface area contributed by atoms with Gasteiger partial charge in [0.25, 0.3) is 0 Å². The summed E-state index contributed by atoms with van der Waals surface area (Å²) < 4.78 is 40.0. The van der Waals surface area contributed by atoms with E-state index >= 15 is 0 Å². The molecule has 0 fully saturated rings. The van der Waals surface area contributed by atoms with E-state index in [-0.39, 0.29) is 5.92 Å². The minimum Gasteiger partial charge on any atom is -0.387 e. The molecule has 2 atom stereocenters. The molecule has 1 N–H and O–H groups in total.